The zero-order valence-corrected chi connectivity index (χ0v) is 39.2. The van der Waals surface area contributed by atoms with E-state index in [2.05, 4.69) is 71.5 Å². The second-order valence-corrected chi connectivity index (χ2v) is 17.7. The highest BCUT2D eigenvalue weighted by atomic mass is 31.2. The molecule has 0 aliphatic heterocycles. The number of hydrogen-bond acceptors (Lipinski definition) is 11. The molecule has 14 nitrogen and oxygen atoms in total. The fraction of sp³-hybridized carbons (Fsp3) is 0.674. The van der Waals surface area contributed by atoms with Crippen LogP contribution in [0.25, 0.3) is 0 Å². The van der Waals surface area contributed by atoms with E-state index in [0.29, 0.717) is 19.3 Å². The molecule has 0 amide bonds. The van der Waals surface area contributed by atoms with Crippen molar-refractivity contribution in [3.8, 4) is 0 Å². The summed E-state index contributed by atoms with van der Waals surface area (Å²) >= 11 is 0. The van der Waals surface area contributed by atoms with Crippen LogP contribution < -0.4 is 0 Å². The molecule has 4 N–H and O–H groups in total. The lowest BCUT2D eigenvalue weighted by Gasteiger charge is -2.20. The minimum Gasteiger partial charge on any atom is -0.462 e. The fourth-order valence-corrected chi connectivity index (χ4v) is 6.70. The number of phosphoric ester groups is 2. The van der Waals surface area contributed by atoms with Crippen molar-refractivity contribution in [2.45, 2.75) is 174 Å². The Morgan fingerprint density at radius 2 is 0.984 bits per heavy atom. The topological polar surface area (TPSA) is 212 Å². The number of unbranched alkanes of at least 4 members (excludes halogenated alkanes) is 13. The SMILES string of the molecule is CCCCC/C=C\C/C=C\C/C=C\C/C=C\CCCCCC(=O)OC[C@H](COP(=O)(O)OC[C@@H](O)COP(=O)(O)O)OC(=O)CCCCCCC/C=C\C=C\C(=O)CCCCC. The lowest BCUT2D eigenvalue weighted by atomic mass is 10.1. The molecule has 356 valence electrons. The van der Waals surface area contributed by atoms with Gasteiger partial charge in [-0.25, -0.2) is 9.13 Å². The summed E-state index contributed by atoms with van der Waals surface area (Å²) < 4.78 is 47.7. The third-order valence-electron chi connectivity index (χ3n) is 9.03. The normalized spacial score (nSPS) is 14.5. The molecule has 0 radical (unpaired) electrons. The van der Waals surface area contributed by atoms with Crippen LogP contribution in [0, 0.1) is 0 Å². The Labute approximate surface area is 371 Å². The largest absolute Gasteiger partial charge is 0.472 e. The third-order valence-corrected chi connectivity index (χ3v) is 10.5. The number of esters is 2. The van der Waals surface area contributed by atoms with Gasteiger partial charge in [-0.3, -0.25) is 28.0 Å². The Morgan fingerprint density at radius 3 is 1.60 bits per heavy atom. The van der Waals surface area contributed by atoms with Crippen molar-refractivity contribution < 1.29 is 66.3 Å². The van der Waals surface area contributed by atoms with E-state index in [4.69, 9.17) is 23.8 Å². The van der Waals surface area contributed by atoms with Crippen molar-refractivity contribution in [1.82, 2.24) is 0 Å². The van der Waals surface area contributed by atoms with E-state index in [1.165, 1.54) is 19.3 Å². The van der Waals surface area contributed by atoms with Crippen molar-refractivity contribution in [2.24, 2.45) is 0 Å². The number of aliphatic hydroxyl groups excluding tert-OH is 1. The summed E-state index contributed by atoms with van der Waals surface area (Å²) in [6, 6.07) is 0. The van der Waals surface area contributed by atoms with Gasteiger partial charge in [0.15, 0.2) is 11.9 Å². The van der Waals surface area contributed by atoms with E-state index < -0.39 is 66.2 Å². The Bertz CT molecular complexity index is 1430. The van der Waals surface area contributed by atoms with Crippen molar-refractivity contribution >= 4 is 33.4 Å². The summed E-state index contributed by atoms with van der Waals surface area (Å²) in [5.74, 6) is -0.992. The standard InChI is InChI=1S/C46H78O14P2/c1-3-5-7-8-9-10-11-12-13-14-15-16-17-18-19-22-25-28-32-36-45(49)56-40-44(41-59-62(54,55)58-39-43(48)38-57-61(51,52)53)60-46(50)37-33-29-26-23-20-21-24-27-31-35-42(47)34-30-6-4-2/h9-10,12-13,15-16,18-19,24,27,31,35,43-44,48H,3-8,11,14,17,20-23,25-26,28-30,32-34,36-41H2,1-2H3,(H,54,55)(H2,51,52,53)/b10-9-,13-12-,16-15-,19-18-,27-24-,35-31+/t43-,44+/m0/s1. The quantitative estimate of drug-likeness (QED) is 0.0112. The van der Waals surface area contributed by atoms with Crippen LogP contribution in [0.3, 0.4) is 0 Å². The van der Waals surface area contributed by atoms with E-state index in [0.717, 1.165) is 96.3 Å². The highest BCUT2D eigenvalue weighted by Crippen LogP contribution is 2.43. The van der Waals surface area contributed by atoms with Gasteiger partial charge in [0.1, 0.15) is 12.7 Å². The molecule has 0 aliphatic rings. The number of ether oxygens (including phenoxy) is 2. The Kier molecular flexibility index (Phi) is 39.1. The van der Waals surface area contributed by atoms with Gasteiger partial charge in [-0.15, -0.1) is 0 Å². The van der Waals surface area contributed by atoms with E-state index in [1.807, 2.05) is 12.2 Å². The van der Waals surface area contributed by atoms with Crippen LogP contribution in [0.1, 0.15) is 162 Å². The van der Waals surface area contributed by atoms with Gasteiger partial charge < -0.3 is 29.3 Å². The van der Waals surface area contributed by atoms with Gasteiger partial charge >= 0.3 is 27.6 Å². The van der Waals surface area contributed by atoms with Gasteiger partial charge in [-0.2, -0.15) is 0 Å². The van der Waals surface area contributed by atoms with Crippen LogP contribution in [-0.4, -0.2) is 76.1 Å². The van der Waals surface area contributed by atoms with Crippen LogP contribution in [0.15, 0.2) is 72.9 Å². The third kappa shape index (κ3) is 43.9. The molecular formula is C46H78O14P2. The van der Waals surface area contributed by atoms with Crippen molar-refractivity contribution in [3.05, 3.63) is 72.9 Å². The lowest BCUT2D eigenvalue weighted by Crippen LogP contribution is -2.30. The first kappa shape index (κ1) is 59.2. The molecule has 62 heavy (non-hydrogen) atoms. The molecule has 16 heteroatoms. The van der Waals surface area contributed by atoms with Gasteiger partial charge in [-0.1, -0.05) is 132 Å². The predicted octanol–water partition coefficient (Wildman–Crippen LogP) is 11.0. The first-order chi connectivity index (χ1) is 29.8. The molecule has 0 aliphatic carbocycles. The molecule has 0 spiro atoms. The average molecular weight is 917 g/mol. The Morgan fingerprint density at radius 1 is 0.516 bits per heavy atom. The number of aliphatic hydroxyl groups is 1. The van der Waals surface area contributed by atoms with E-state index in [-0.39, 0.29) is 18.6 Å². The molecule has 0 aromatic rings. The minimum atomic E-state index is -4.88. The summed E-state index contributed by atoms with van der Waals surface area (Å²) in [7, 11) is -9.72. The smallest absolute Gasteiger partial charge is 0.462 e. The van der Waals surface area contributed by atoms with Gasteiger partial charge in [0.2, 0.25) is 0 Å². The first-order valence-electron chi connectivity index (χ1n) is 22.6. The maximum absolute atomic E-state index is 12.7. The Balaban J connectivity index is 4.63. The van der Waals surface area contributed by atoms with Crippen molar-refractivity contribution in [3.63, 3.8) is 0 Å². The number of carbonyl (C=O) groups excluding carboxylic acids is 3. The van der Waals surface area contributed by atoms with Gasteiger partial charge in [-0.05, 0) is 83.1 Å². The number of phosphoric acid groups is 2. The highest BCUT2D eigenvalue weighted by Gasteiger charge is 2.28. The summed E-state index contributed by atoms with van der Waals surface area (Å²) in [6.07, 6.45) is 41.6. The number of ketones is 1. The molecule has 0 heterocycles. The number of allylic oxidation sites excluding steroid dienone is 12. The summed E-state index contributed by atoms with van der Waals surface area (Å²) in [4.78, 5) is 64.5. The molecule has 0 saturated carbocycles. The first-order valence-corrected chi connectivity index (χ1v) is 25.6. The maximum Gasteiger partial charge on any atom is 0.472 e. The second-order valence-electron chi connectivity index (χ2n) is 15.0. The molecule has 0 saturated heterocycles. The molecule has 0 fully saturated rings. The van der Waals surface area contributed by atoms with Crippen molar-refractivity contribution in [2.75, 3.05) is 26.4 Å². The number of carbonyl (C=O) groups is 3. The monoisotopic (exact) mass is 916 g/mol. The zero-order valence-electron chi connectivity index (χ0n) is 37.4. The summed E-state index contributed by atoms with van der Waals surface area (Å²) in [5, 5.41) is 9.75. The molecule has 0 rings (SSSR count). The minimum absolute atomic E-state index is 0.0694. The maximum atomic E-state index is 12.7. The van der Waals surface area contributed by atoms with Crippen LogP contribution in [0.4, 0.5) is 0 Å². The van der Waals surface area contributed by atoms with Crippen LogP contribution in [0.5, 0.6) is 0 Å². The molecule has 0 aromatic carbocycles. The fourth-order valence-electron chi connectivity index (χ4n) is 5.55. The van der Waals surface area contributed by atoms with Gasteiger partial charge in [0, 0.05) is 19.3 Å². The molecule has 3 atom stereocenters. The molecular weight excluding hydrogens is 838 g/mol. The average Bonchev–Trinajstić information content (AvgIpc) is 3.23. The zero-order chi connectivity index (χ0) is 46.0. The number of rotatable bonds is 42. The van der Waals surface area contributed by atoms with E-state index in [1.54, 1.807) is 12.2 Å². The lowest BCUT2D eigenvalue weighted by molar-refractivity contribution is -0.161. The van der Waals surface area contributed by atoms with Crippen LogP contribution >= 0.6 is 15.6 Å². The van der Waals surface area contributed by atoms with Crippen LogP contribution in [-0.2, 0) is 46.6 Å². The van der Waals surface area contributed by atoms with Gasteiger partial charge in [0.25, 0.3) is 0 Å². The predicted molar refractivity (Wildman–Crippen MR) is 244 cm³/mol. The van der Waals surface area contributed by atoms with E-state index in [9.17, 15) is 33.5 Å². The molecule has 0 bridgehead atoms. The van der Waals surface area contributed by atoms with Gasteiger partial charge in [0.05, 0.1) is 19.8 Å². The summed E-state index contributed by atoms with van der Waals surface area (Å²) in [5.41, 5.74) is 0. The highest BCUT2D eigenvalue weighted by molar-refractivity contribution is 7.47. The molecule has 1 unspecified atom stereocenters. The second kappa shape index (κ2) is 41.0. The molecule has 0 aromatic heterocycles. The van der Waals surface area contributed by atoms with Crippen molar-refractivity contribution in [1.29, 1.82) is 0 Å². The Hall–Kier alpha value is -2.77. The van der Waals surface area contributed by atoms with E-state index >= 15 is 0 Å². The van der Waals surface area contributed by atoms with Crippen LogP contribution in [0.2, 0.25) is 0 Å². The summed E-state index contributed by atoms with van der Waals surface area (Å²) in [6.45, 7) is 1.48. The number of hydrogen-bond donors (Lipinski definition) is 4.